The van der Waals surface area contributed by atoms with Gasteiger partial charge in [0.15, 0.2) is 0 Å². The van der Waals surface area contributed by atoms with E-state index in [1.165, 1.54) is 0 Å². The number of hydrogen-bond acceptors (Lipinski definition) is 2. The lowest BCUT2D eigenvalue weighted by atomic mass is 9.90. The van der Waals surface area contributed by atoms with Crippen LogP contribution in [0.2, 0.25) is 0 Å². The van der Waals surface area contributed by atoms with Gasteiger partial charge in [0.2, 0.25) is 0 Å². The van der Waals surface area contributed by atoms with Crippen molar-refractivity contribution in [2.24, 2.45) is 0 Å². The maximum Gasteiger partial charge on any atom is 0.103 e. The van der Waals surface area contributed by atoms with E-state index in [9.17, 15) is 10.2 Å². The van der Waals surface area contributed by atoms with Gasteiger partial charge in [-0.25, -0.2) is 0 Å². The fraction of sp³-hybridized carbons (Fsp3) is 1.00. The highest BCUT2D eigenvalue weighted by Gasteiger charge is 2.48. The van der Waals surface area contributed by atoms with Gasteiger partial charge in [-0.2, -0.15) is 0 Å². The summed E-state index contributed by atoms with van der Waals surface area (Å²) < 4.78 is 0.729. The molecule has 3 heteroatoms. The molecule has 0 saturated carbocycles. The molecule has 92 valence electrons. The summed E-state index contributed by atoms with van der Waals surface area (Å²) in [6.07, 6.45) is 0. The number of hydrogen-bond donors (Lipinski definition) is 2. The van der Waals surface area contributed by atoms with Gasteiger partial charge in [-0.1, -0.05) is 0 Å². The molecule has 0 unspecified atom stereocenters. The van der Waals surface area contributed by atoms with Crippen LogP contribution in [0, 0.1) is 0 Å². The fourth-order valence-corrected chi connectivity index (χ4v) is 2.80. The highest BCUT2D eigenvalue weighted by atomic mass is 16.3. The topological polar surface area (TPSA) is 40.5 Å². The predicted molar refractivity (Wildman–Crippen MR) is 63.7 cm³/mol. The van der Waals surface area contributed by atoms with Crippen molar-refractivity contribution in [3.05, 3.63) is 0 Å². The van der Waals surface area contributed by atoms with Gasteiger partial charge < -0.3 is 14.7 Å². The van der Waals surface area contributed by atoms with E-state index in [4.69, 9.17) is 0 Å². The van der Waals surface area contributed by atoms with Gasteiger partial charge in [0.25, 0.3) is 0 Å². The Labute approximate surface area is 94.3 Å². The van der Waals surface area contributed by atoms with Crippen LogP contribution < -0.4 is 0 Å². The van der Waals surface area contributed by atoms with E-state index >= 15 is 0 Å². The summed E-state index contributed by atoms with van der Waals surface area (Å²) in [6.45, 7) is 14.7. The maximum absolute atomic E-state index is 9.26. The molecule has 0 saturated heterocycles. The minimum Gasteiger partial charge on any atom is -0.391 e. The van der Waals surface area contributed by atoms with Gasteiger partial charge in [0.05, 0.1) is 24.3 Å². The van der Waals surface area contributed by atoms with Crippen molar-refractivity contribution in [3.8, 4) is 0 Å². The van der Waals surface area contributed by atoms with Crippen LogP contribution in [0.25, 0.3) is 0 Å². The number of quaternary nitrogens is 1. The summed E-state index contributed by atoms with van der Waals surface area (Å²) in [5, 5.41) is 18.5. The number of rotatable bonds is 4. The summed E-state index contributed by atoms with van der Waals surface area (Å²) in [4.78, 5) is 0. The Morgan fingerprint density at radius 2 is 1.00 bits per heavy atom. The fourth-order valence-electron chi connectivity index (χ4n) is 2.80. The van der Waals surface area contributed by atoms with Crippen molar-refractivity contribution in [2.45, 2.75) is 52.6 Å². The molecule has 0 aromatic carbocycles. The van der Waals surface area contributed by atoms with E-state index < -0.39 is 0 Å². The summed E-state index contributed by atoms with van der Waals surface area (Å²) in [5.41, 5.74) is 0.0351. The quantitative estimate of drug-likeness (QED) is 0.700. The minimum atomic E-state index is 0.0176. The second-order valence-corrected chi connectivity index (χ2v) is 6.20. The van der Waals surface area contributed by atoms with Gasteiger partial charge in [0, 0.05) is 0 Å². The highest BCUT2D eigenvalue weighted by Crippen LogP contribution is 2.34. The Morgan fingerprint density at radius 1 is 0.733 bits per heavy atom. The van der Waals surface area contributed by atoms with E-state index in [0.29, 0.717) is 13.1 Å². The SMILES string of the molecule is CC(C)(C)[N+](CCO)(CCO)C(C)(C)C. The number of aliphatic hydroxyl groups excluding tert-OH is 2. The summed E-state index contributed by atoms with van der Waals surface area (Å²) >= 11 is 0. The third-order valence-electron chi connectivity index (χ3n) is 3.53. The van der Waals surface area contributed by atoms with Crippen LogP contribution in [0.15, 0.2) is 0 Å². The molecule has 2 N–H and O–H groups in total. The number of nitrogens with zero attached hydrogens (tertiary/aromatic N) is 1. The van der Waals surface area contributed by atoms with Crippen LogP contribution >= 0.6 is 0 Å². The van der Waals surface area contributed by atoms with Gasteiger partial charge >= 0.3 is 0 Å². The number of aliphatic hydroxyl groups is 2. The zero-order chi connectivity index (χ0) is 12.3. The maximum atomic E-state index is 9.26. The third-order valence-corrected chi connectivity index (χ3v) is 3.53. The summed E-state index contributed by atoms with van der Waals surface area (Å²) in [5.74, 6) is 0. The van der Waals surface area contributed by atoms with Gasteiger partial charge in [-0.15, -0.1) is 0 Å². The van der Waals surface area contributed by atoms with Crippen LogP contribution in [0.1, 0.15) is 41.5 Å². The molecule has 0 amide bonds. The molecule has 0 rings (SSSR count). The zero-order valence-electron chi connectivity index (χ0n) is 11.2. The van der Waals surface area contributed by atoms with Crippen LogP contribution in [0.5, 0.6) is 0 Å². The molecule has 0 radical (unpaired) electrons. The smallest absolute Gasteiger partial charge is 0.103 e. The third kappa shape index (κ3) is 2.92. The lowest BCUT2D eigenvalue weighted by Gasteiger charge is -2.56. The molecule has 0 bridgehead atoms. The highest BCUT2D eigenvalue weighted by molar-refractivity contribution is 4.74. The molecule has 0 aliphatic heterocycles. The van der Waals surface area contributed by atoms with Gasteiger partial charge in [-0.05, 0) is 41.5 Å². The molecular formula is C12H28NO2+. The average Bonchev–Trinajstić information content (AvgIpc) is 1.99. The molecule has 0 aromatic rings. The van der Waals surface area contributed by atoms with E-state index in [2.05, 4.69) is 41.5 Å². The van der Waals surface area contributed by atoms with Crippen LogP contribution in [-0.4, -0.2) is 52.1 Å². The van der Waals surface area contributed by atoms with Crippen molar-refractivity contribution < 1.29 is 14.7 Å². The average molecular weight is 218 g/mol. The van der Waals surface area contributed by atoms with E-state index in [-0.39, 0.29) is 24.3 Å². The van der Waals surface area contributed by atoms with Crippen molar-refractivity contribution in [3.63, 3.8) is 0 Å². The molecule has 0 fully saturated rings. The molecule has 0 aliphatic carbocycles. The van der Waals surface area contributed by atoms with E-state index in [1.54, 1.807) is 0 Å². The predicted octanol–water partition coefficient (Wildman–Crippen LogP) is 1.38. The van der Waals surface area contributed by atoms with E-state index in [1.807, 2.05) is 0 Å². The molecule has 0 aliphatic rings. The first-order chi connectivity index (χ1) is 6.62. The normalized spacial score (nSPS) is 14.4. The van der Waals surface area contributed by atoms with Gasteiger partial charge in [0.1, 0.15) is 13.1 Å². The zero-order valence-corrected chi connectivity index (χ0v) is 11.2. The summed E-state index contributed by atoms with van der Waals surface area (Å²) in [7, 11) is 0. The Balaban J connectivity index is 5.28. The van der Waals surface area contributed by atoms with Gasteiger partial charge in [-0.3, -0.25) is 0 Å². The van der Waals surface area contributed by atoms with Crippen molar-refractivity contribution in [2.75, 3.05) is 26.3 Å². The Bertz CT molecular complexity index is 167. The standard InChI is InChI=1S/C12H28NO2/c1-11(2,3)13(7-9-14,8-10-15)12(4,5)6/h14-15H,7-10H2,1-6H3/q+1. The summed E-state index contributed by atoms with van der Waals surface area (Å²) in [6, 6.07) is 0. The first-order valence-corrected chi connectivity index (χ1v) is 5.71. The molecule has 0 spiro atoms. The van der Waals surface area contributed by atoms with Crippen molar-refractivity contribution >= 4 is 0 Å². The molecule has 15 heavy (non-hydrogen) atoms. The minimum absolute atomic E-state index is 0.0176. The van der Waals surface area contributed by atoms with Crippen molar-refractivity contribution in [1.29, 1.82) is 0 Å². The second-order valence-electron chi connectivity index (χ2n) is 6.20. The molecule has 0 atom stereocenters. The lowest BCUT2D eigenvalue weighted by Crippen LogP contribution is -2.71. The van der Waals surface area contributed by atoms with E-state index in [0.717, 1.165) is 4.48 Å². The Hall–Kier alpha value is -0.120. The second kappa shape index (κ2) is 4.81. The Morgan fingerprint density at radius 3 is 1.13 bits per heavy atom. The largest absolute Gasteiger partial charge is 0.391 e. The lowest BCUT2D eigenvalue weighted by molar-refractivity contribution is -1.01. The van der Waals surface area contributed by atoms with Crippen molar-refractivity contribution in [1.82, 2.24) is 0 Å². The molecule has 0 aromatic heterocycles. The molecule has 3 nitrogen and oxygen atoms in total. The van der Waals surface area contributed by atoms with Crippen LogP contribution in [0.3, 0.4) is 0 Å². The monoisotopic (exact) mass is 218 g/mol. The molecular weight excluding hydrogens is 190 g/mol. The first kappa shape index (κ1) is 14.9. The first-order valence-electron chi connectivity index (χ1n) is 5.71. The Kier molecular flexibility index (Phi) is 4.77. The van der Waals surface area contributed by atoms with Crippen LogP contribution in [0.4, 0.5) is 0 Å². The molecule has 0 heterocycles. The van der Waals surface area contributed by atoms with Crippen LogP contribution in [-0.2, 0) is 0 Å².